The molecule has 4 nitrogen and oxygen atoms in total. The predicted octanol–water partition coefficient (Wildman–Crippen LogP) is 1.63. The van der Waals surface area contributed by atoms with E-state index in [1.165, 1.54) is 12.8 Å². The Labute approximate surface area is 115 Å². The SMILES string of the molecule is COc1ccccc1N(C)CC(C)(CO)NC1CC1. The van der Waals surface area contributed by atoms with Crippen molar-refractivity contribution in [2.75, 3.05) is 32.2 Å². The topological polar surface area (TPSA) is 44.7 Å². The highest BCUT2D eigenvalue weighted by Gasteiger charge is 2.33. The molecule has 1 aromatic carbocycles. The van der Waals surface area contributed by atoms with Gasteiger partial charge in [-0.3, -0.25) is 0 Å². The van der Waals surface area contributed by atoms with Gasteiger partial charge in [0, 0.05) is 19.6 Å². The second-order valence-corrected chi connectivity index (χ2v) is 5.67. The third-order valence-electron chi connectivity index (χ3n) is 3.56. The van der Waals surface area contributed by atoms with E-state index in [4.69, 9.17) is 4.74 Å². The maximum atomic E-state index is 9.66. The highest BCUT2D eigenvalue weighted by atomic mass is 16.5. The van der Waals surface area contributed by atoms with Crippen molar-refractivity contribution in [1.29, 1.82) is 0 Å². The van der Waals surface area contributed by atoms with Gasteiger partial charge in [-0.2, -0.15) is 0 Å². The maximum Gasteiger partial charge on any atom is 0.142 e. The summed E-state index contributed by atoms with van der Waals surface area (Å²) in [6, 6.07) is 8.52. The minimum absolute atomic E-state index is 0.128. The molecule has 4 heteroatoms. The lowest BCUT2D eigenvalue weighted by Gasteiger charge is -2.35. The summed E-state index contributed by atoms with van der Waals surface area (Å²) in [6.45, 7) is 2.93. The zero-order valence-electron chi connectivity index (χ0n) is 12.0. The first-order valence-corrected chi connectivity index (χ1v) is 6.81. The molecule has 19 heavy (non-hydrogen) atoms. The number of nitrogens with zero attached hydrogens (tertiary/aromatic N) is 1. The first-order chi connectivity index (χ1) is 9.08. The van der Waals surface area contributed by atoms with Gasteiger partial charge in [0.2, 0.25) is 0 Å². The molecule has 1 saturated carbocycles. The molecular weight excluding hydrogens is 240 g/mol. The third-order valence-corrected chi connectivity index (χ3v) is 3.56. The highest BCUT2D eigenvalue weighted by molar-refractivity contribution is 5.58. The summed E-state index contributed by atoms with van der Waals surface area (Å²) in [5.74, 6) is 0.858. The van der Waals surface area contributed by atoms with Gasteiger partial charge in [0.15, 0.2) is 0 Å². The average molecular weight is 264 g/mol. The number of methoxy groups -OCH3 is 1. The van der Waals surface area contributed by atoms with E-state index in [1.54, 1.807) is 7.11 Å². The molecule has 2 N–H and O–H groups in total. The summed E-state index contributed by atoms with van der Waals surface area (Å²) in [5.41, 5.74) is 0.763. The summed E-state index contributed by atoms with van der Waals surface area (Å²) in [6.07, 6.45) is 2.43. The van der Waals surface area contributed by atoms with E-state index in [-0.39, 0.29) is 12.1 Å². The van der Waals surface area contributed by atoms with Gasteiger partial charge in [0.1, 0.15) is 5.75 Å². The molecule has 0 aromatic heterocycles. The van der Waals surface area contributed by atoms with Gasteiger partial charge >= 0.3 is 0 Å². The number of aliphatic hydroxyl groups is 1. The number of benzene rings is 1. The molecule has 0 heterocycles. The Morgan fingerprint density at radius 3 is 2.68 bits per heavy atom. The number of hydrogen-bond acceptors (Lipinski definition) is 4. The van der Waals surface area contributed by atoms with Gasteiger partial charge in [-0.15, -0.1) is 0 Å². The maximum absolute atomic E-state index is 9.66. The van der Waals surface area contributed by atoms with E-state index in [0.29, 0.717) is 6.04 Å². The lowest BCUT2D eigenvalue weighted by molar-refractivity contribution is 0.177. The molecule has 1 fully saturated rings. The third kappa shape index (κ3) is 3.61. The molecule has 1 aliphatic rings. The number of anilines is 1. The fourth-order valence-electron chi connectivity index (χ4n) is 2.42. The first-order valence-electron chi connectivity index (χ1n) is 6.81. The van der Waals surface area contributed by atoms with Crippen molar-refractivity contribution in [1.82, 2.24) is 5.32 Å². The van der Waals surface area contributed by atoms with Gasteiger partial charge < -0.3 is 20.1 Å². The molecule has 1 aromatic rings. The molecule has 1 atom stereocenters. The van der Waals surface area contributed by atoms with Gasteiger partial charge in [0.05, 0.1) is 24.9 Å². The Balaban J connectivity index is 2.07. The number of ether oxygens (including phenoxy) is 1. The highest BCUT2D eigenvalue weighted by Crippen LogP contribution is 2.28. The molecule has 106 valence electrons. The monoisotopic (exact) mass is 264 g/mol. The van der Waals surface area contributed by atoms with Crippen LogP contribution in [0.25, 0.3) is 0 Å². The van der Waals surface area contributed by atoms with Gasteiger partial charge in [-0.25, -0.2) is 0 Å². The molecule has 2 rings (SSSR count). The van der Waals surface area contributed by atoms with E-state index in [0.717, 1.165) is 18.0 Å². The van der Waals surface area contributed by atoms with Crippen molar-refractivity contribution in [3.8, 4) is 5.75 Å². The van der Waals surface area contributed by atoms with Crippen LogP contribution in [0, 0.1) is 0 Å². The minimum Gasteiger partial charge on any atom is -0.495 e. The molecule has 0 bridgehead atoms. The number of likely N-dealkylation sites (N-methyl/N-ethyl adjacent to an activating group) is 1. The first kappa shape index (κ1) is 14.2. The van der Waals surface area contributed by atoms with Crippen LogP contribution in [-0.4, -0.2) is 44.0 Å². The standard InChI is InChI=1S/C15H24N2O2/c1-15(11-18,16-12-8-9-12)10-17(2)13-6-4-5-7-14(13)19-3/h4-7,12,16,18H,8-11H2,1-3H3. The van der Waals surface area contributed by atoms with Gasteiger partial charge in [-0.1, -0.05) is 12.1 Å². The normalized spacial score (nSPS) is 17.9. The number of para-hydroxylation sites is 2. The molecule has 0 amide bonds. The van der Waals surface area contributed by atoms with Crippen LogP contribution in [0.3, 0.4) is 0 Å². The lowest BCUT2D eigenvalue weighted by atomic mass is 10.0. The summed E-state index contributed by atoms with van der Waals surface area (Å²) >= 11 is 0. The number of nitrogens with one attached hydrogen (secondary N) is 1. The average Bonchev–Trinajstić information content (AvgIpc) is 3.22. The van der Waals surface area contributed by atoms with Crippen LogP contribution in [-0.2, 0) is 0 Å². The number of rotatable bonds is 7. The minimum atomic E-state index is -0.281. The quantitative estimate of drug-likeness (QED) is 0.786. The van der Waals surface area contributed by atoms with E-state index < -0.39 is 0 Å². The molecular formula is C15H24N2O2. The smallest absolute Gasteiger partial charge is 0.142 e. The van der Waals surface area contributed by atoms with Gasteiger partial charge in [-0.05, 0) is 31.9 Å². The van der Waals surface area contributed by atoms with Crippen LogP contribution in [0.15, 0.2) is 24.3 Å². The van der Waals surface area contributed by atoms with Crippen molar-refractivity contribution in [3.63, 3.8) is 0 Å². The van der Waals surface area contributed by atoms with Crippen LogP contribution < -0.4 is 15.0 Å². The fourth-order valence-corrected chi connectivity index (χ4v) is 2.42. The molecule has 1 aliphatic carbocycles. The fraction of sp³-hybridized carbons (Fsp3) is 0.600. The number of hydrogen-bond donors (Lipinski definition) is 2. The van der Waals surface area contributed by atoms with Crippen LogP contribution in [0.1, 0.15) is 19.8 Å². The zero-order valence-corrected chi connectivity index (χ0v) is 12.0. The predicted molar refractivity (Wildman–Crippen MR) is 77.9 cm³/mol. The molecule has 1 unspecified atom stereocenters. The molecule has 0 radical (unpaired) electrons. The summed E-state index contributed by atoms with van der Waals surface area (Å²) in [4.78, 5) is 2.13. The van der Waals surface area contributed by atoms with Crippen LogP contribution >= 0.6 is 0 Å². The zero-order chi connectivity index (χ0) is 13.9. The summed E-state index contributed by atoms with van der Waals surface area (Å²) in [7, 11) is 3.71. The lowest BCUT2D eigenvalue weighted by Crippen LogP contribution is -2.54. The second kappa shape index (κ2) is 5.80. The molecule has 0 aliphatic heterocycles. The largest absolute Gasteiger partial charge is 0.495 e. The van der Waals surface area contributed by atoms with Crippen LogP contribution in [0.5, 0.6) is 5.75 Å². The molecule has 0 spiro atoms. The van der Waals surface area contributed by atoms with Crippen molar-refractivity contribution in [3.05, 3.63) is 24.3 Å². The Morgan fingerprint density at radius 1 is 1.42 bits per heavy atom. The van der Waals surface area contributed by atoms with Crippen molar-refractivity contribution >= 4 is 5.69 Å². The van der Waals surface area contributed by atoms with E-state index in [9.17, 15) is 5.11 Å². The van der Waals surface area contributed by atoms with E-state index in [1.807, 2.05) is 31.3 Å². The van der Waals surface area contributed by atoms with Crippen LogP contribution in [0.4, 0.5) is 5.69 Å². The summed E-state index contributed by atoms with van der Waals surface area (Å²) in [5, 5.41) is 13.2. The summed E-state index contributed by atoms with van der Waals surface area (Å²) < 4.78 is 5.38. The second-order valence-electron chi connectivity index (χ2n) is 5.67. The van der Waals surface area contributed by atoms with Gasteiger partial charge in [0.25, 0.3) is 0 Å². The van der Waals surface area contributed by atoms with Crippen molar-refractivity contribution in [2.45, 2.75) is 31.3 Å². The van der Waals surface area contributed by atoms with Crippen LogP contribution in [0.2, 0.25) is 0 Å². The Bertz CT molecular complexity index is 420. The van der Waals surface area contributed by atoms with Crippen molar-refractivity contribution < 1.29 is 9.84 Å². The molecule has 0 saturated heterocycles. The number of aliphatic hydroxyl groups excluding tert-OH is 1. The van der Waals surface area contributed by atoms with E-state index in [2.05, 4.69) is 17.1 Å². The Morgan fingerprint density at radius 2 is 2.11 bits per heavy atom. The van der Waals surface area contributed by atoms with Crippen molar-refractivity contribution in [2.24, 2.45) is 0 Å². The Kier molecular flexibility index (Phi) is 4.32. The Hall–Kier alpha value is -1.26. The van der Waals surface area contributed by atoms with E-state index >= 15 is 0 Å².